The molecule has 4 N–H and O–H groups in total. The summed E-state index contributed by atoms with van der Waals surface area (Å²) >= 11 is 0. The zero-order chi connectivity index (χ0) is 10.4. The number of nitrogens with one attached hydrogen (secondary N) is 2. The van der Waals surface area contributed by atoms with E-state index in [4.69, 9.17) is 5.84 Å². The van der Waals surface area contributed by atoms with E-state index in [9.17, 15) is 4.79 Å². The fourth-order valence-corrected chi connectivity index (χ4v) is 1.14. The summed E-state index contributed by atoms with van der Waals surface area (Å²) in [5, 5.41) is 2.78. The maximum absolute atomic E-state index is 11.2. The molecule has 0 unspecified atom stereocenters. The highest BCUT2D eigenvalue weighted by Gasteiger charge is 2.00. The van der Waals surface area contributed by atoms with Gasteiger partial charge >= 0.3 is 0 Å². The largest absolute Gasteiger partial charge is 0.326 e. The summed E-state index contributed by atoms with van der Waals surface area (Å²) in [7, 11) is 0. The zero-order valence-electron chi connectivity index (χ0n) is 8.21. The van der Waals surface area contributed by atoms with Gasteiger partial charge in [-0.05, 0) is 24.6 Å². The molecule has 0 saturated carbocycles. The van der Waals surface area contributed by atoms with Crippen LogP contribution in [0.2, 0.25) is 0 Å². The normalized spacial score (nSPS) is 9.57. The van der Waals surface area contributed by atoms with Crippen LogP contribution in [0.5, 0.6) is 0 Å². The van der Waals surface area contributed by atoms with Gasteiger partial charge in [0.1, 0.15) is 0 Å². The van der Waals surface area contributed by atoms with E-state index in [0.717, 1.165) is 17.8 Å². The van der Waals surface area contributed by atoms with Crippen molar-refractivity contribution in [2.75, 3.05) is 10.7 Å². The Morgan fingerprint density at radius 3 is 2.79 bits per heavy atom. The Hall–Kier alpha value is -1.55. The van der Waals surface area contributed by atoms with Gasteiger partial charge in [0.05, 0.1) is 5.69 Å². The van der Waals surface area contributed by atoms with Crippen LogP contribution in [0.25, 0.3) is 0 Å². The monoisotopic (exact) mass is 193 g/mol. The van der Waals surface area contributed by atoms with Crippen molar-refractivity contribution in [2.24, 2.45) is 5.84 Å². The number of hydrazine groups is 1. The van der Waals surface area contributed by atoms with E-state index < -0.39 is 0 Å². The Bertz CT molecular complexity index is 312. The first kappa shape index (κ1) is 10.5. The minimum Gasteiger partial charge on any atom is -0.326 e. The van der Waals surface area contributed by atoms with Crippen molar-refractivity contribution < 1.29 is 4.79 Å². The molecule has 0 heterocycles. The number of nitrogens with two attached hydrogens (primary N) is 1. The number of hydrogen-bond acceptors (Lipinski definition) is 3. The summed E-state index contributed by atoms with van der Waals surface area (Å²) in [5.41, 5.74) is 4.06. The quantitative estimate of drug-likeness (QED) is 0.503. The topological polar surface area (TPSA) is 67.2 Å². The molecule has 1 aromatic carbocycles. The molecular weight excluding hydrogens is 178 g/mol. The number of benzene rings is 1. The third kappa shape index (κ3) is 3.06. The predicted octanol–water partition coefficient (Wildman–Crippen LogP) is 1.71. The molecule has 0 aliphatic heterocycles. The second kappa shape index (κ2) is 5.24. The van der Waals surface area contributed by atoms with Crippen molar-refractivity contribution in [2.45, 2.75) is 19.8 Å². The second-order valence-corrected chi connectivity index (χ2v) is 3.02. The number of nitrogen functional groups attached to an aromatic ring is 1. The first-order valence-corrected chi connectivity index (χ1v) is 4.62. The van der Waals surface area contributed by atoms with E-state index in [-0.39, 0.29) is 5.91 Å². The number of hydrogen-bond donors (Lipinski definition) is 3. The lowest BCUT2D eigenvalue weighted by Crippen LogP contribution is -2.11. The van der Waals surface area contributed by atoms with Crippen LogP contribution in [0.15, 0.2) is 24.3 Å². The van der Waals surface area contributed by atoms with E-state index >= 15 is 0 Å². The lowest BCUT2D eigenvalue weighted by molar-refractivity contribution is -0.116. The average Bonchev–Trinajstić information content (AvgIpc) is 2.18. The molecule has 1 rings (SSSR count). The van der Waals surface area contributed by atoms with Gasteiger partial charge in [0.15, 0.2) is 0 Å². The van der Waals surface area contributed by atoms with Gasteiger partial charge < -0.3 is 10.7 Å². The minimum atomic E-state index is 0.0293. The van der Waals surface area contributed by atoms with Crippen LogP contribution < -0.4 is 16.6 Å². The number of carbonyl (C=O) groups excluding carboxylic acids is 1. The molecule has 1 aromatic rings. The molecule has 0 bridgehead atoms. The van der Waals surface area contributed by atoms with Crippen molar-refractivity contribution in [1.82, 2.24) is 0 Å². The lowest BCUT2D eigenvalue weighted by atomic mass is 10.2. The highest BCUT2D eigenvalue weighted by atomic mass is 16.1. The first-order chi connectivity index (χ1) is 6.76. The highest BCUT2D eigenvalue weighted by molar-refractivity contribution is 5.91. The molecule has 0 atom stereocenters. The molecule has 1 amide bonds. The summed E-state index contributed by atoms with van der Waals surface area (Å²) in [6, 6.07) is 7.27. The molecule has 0 aliphatic rings. The van der Waals surface area contributed by atoms with Gasteiger partial charge in [-0.2, -0.15) is 0 Å². The first-order valence-electron chi connectivity index (χ1n) is 4.62. The van der Waals surface area contributed by atoms with Crippen LogP contribution in [0.1, 0.15) is 19.8 Å². The Morgan fingerprint density at radius 2 is 2.14 bits per heavy atom. The van der Waals surface area contributed by atoms with E-state index in [2.05, 4.69) is 10.7 Å². The van der Waals surface area contributed by atoms with Gasteiger partial charge in [0, 0.05) is 12.1 Å². The number of carbonyl (C=O) groups is 1. The van der Waals surface area contributed by atoms with E-state index in [1.165, 1.54) is 0 Å². The SMILES string of the molecule is CCCC(=O)Nc1cccc(NN)c1. The number of rotatable bonds is 4. The summed E-state index contributed by atoms with van der Waals surface area (Å²) in [5.74, 6) is 5.27. The predicted molar refractivity (Wildman–Crippen MR) is 57.8 cm³/mol. The second-order valence-electron chi connectivity index (χ2n) is 3.02. The number of amides is 1. The number of anilines is 2. The maximum Gasteiger partial charge on any atom is 0.224 e. The summed E-state index contributed by atoms with van der Waals surface area (Å²) in [6.07, 6.45) is 1.39. The zero-order valence-corrected chi connectivity index (χ0v) is 8.21. The summed E-state index contributed by atoms with van der Waals surface area (Å²) in [4.78, 5) is 11.2. The van der Waals surface area contributed by atoms with Gasteiger partial charge in [-0.1, -0.05) is 13.0 Å². The van der Waals surface area contributed by atoms with Crippen molar-refractivity contribution in [3.63, 3.8) is 0 Å². The third-order valence-electron chi connectivity index (χ3n) is 1.79. The van der Waals surface area contributed by atoms with Gasteiger partial charge in [-0.25, -0.2) is 0 Å². The lowest BCUT2D eigenvalue weighted by Gasteiger charge is -2.06. The van der Waals surface area contributed by atoms with Gasteiger partial charge in [-0.15, -0.1) is 0 Å². The molecule has 0 radical (unpaired) electrons. The summed E-state index contributed by atoms with van der Waals surface area (Å²) in [6.45, 7) is 1.97. The molecule has 4 heteroatoms. The van der Waals surface area contributed by atoms with Crippen molar-refractivity contribution in [3.05, 3.63) is 24.3 Å². The molecule has 0 fully saturated rings. The molecule has 0 aromatic heterocycles. The maximum atomic E-state index is 11.2. The minimum absolute atomic E-state index is 0.0293. The van der Waals surface area contributed by atoms with E-state index in [1.54, 1.807) is 6.07 Å². The Balaban J connectivity index is 2.62. The van der Waals surface area contributed by atoms with Crippen LogP contribution in [0.3, 0.4) is 0 Å². The van der Waals surface area contributed by atoms with Crippen molar-refractivity contribution in [3.8, 4) is 0 Å². The Labute approximate surface area is 83.5 Å². The standard InChI is InChI=1S/C10H15N3O/c1-2-4-10(14)12-8-5-3-6-9(7-8)13-11/h3,5-7,13H,2,4,11H2,1H3,(H,12,14). The van der Waals surface area contributed by atoms with Crippen molar-refractivity contribution in [1.29, 1.82) is 0 Å². The Kier molecular flexibility index (Phi) is 3.94. The van der Waals surface area contributed by atoms with Crippen LogP contribution in [0, 0.1) is 0 Å². The fraction of sp³-hybridized carbons (Fsp3) is 0.300. The van der Waals surface area contributed by atoms with Crippen LogP contribution >= 0.6 is 0 Å². The third-order valence-corrected chi connectivity index (χ3v) is 1.79. The summed E-state index contributed by atoms with van der Waals surface area (Å²) < 4.78 is 0. The average molecular weight is 193 g/mol. The Morgan fingerprint density at radius 1 is 1.43 bits per heavy atom. The molecular formula is C10H15N3O. The van der Waals surface area contributed by atoms with E-state index in [1.807, 2.05) is 25.1 Å². The molecule has 0 spiro atoms. The molecule has 0 aliphatic carbocycles. The van der Waals surface area contributed by atoms with Crippen LogP contribution in [0.4, 0.5) is 11.4 Å². The van der Waals surface area contributed by atoms with E-state index in [0.29, 0.717) is 6.42 Å². The molecule has 14 heavy (non-hydrogen) atoms. The fourth-order valence-electron chi connectivity index (χ4n) is 1.14. The smallest absolute Gasteiger partial charge is 0.224 e. The molecule has 76 valence electrons. The molecule has 4 nitrogen and oxygen atoms in total. The van der Waals surface area contributed by atoms with Gasteiger partial charge in [0.2, 0.25) is 5.91 Å². The molecule has 0 saturated heterocycles. The van der Waals surface area contributed by atoms with Gasteiger partial charge in [0.25, 0.3) is 0 Å². The van der Waals surface area contributed by atoms with Gasteiger partial charge in [-0.3, -0.25) is 10.6 Å². The van der Waals surface area contributed by atoms with Crippen LogP contribution in [-0.4, -0.2) is 5.91 Å². The van der Waals surface area contributed by atoms with Crippen LogP contribution in [-0.2, 0) is 4.79 Å². The van der Waals surface area contributed by atoms with Crippen molar-refractivity contribution >= 4 is 17.3 Å². The highest BCUT2D eigenvalue weighted by Crippen LogP contribution is 2.14.